The predicted molar refractivity (Wildman–Crippen MR) is 121 cm³/mol. The van der Waals surface area contributed by atoms with Crippen LogP contribution in [0.3, 0.4) is 0 Å². The van der Waals surface area contributed by atoms with Crippen LogP contribution in [0.15, 0.2) is 78.2 Å². The summed E-state index contributed by atoms with van der Waals surface area (Å²) in [6.07, 6.45) is -0.761. The minimum atomic E-state index is -2.57. The van der Waals surface area contributed by atoms with Gasteiger partial charge in [0.25, 0.3) is 8.32 Å². The number of aliphatic hydroxyl groups is 1. The Balaban J connectivity index is 1.95. The highest BCUT2D eigenvalue weighted by Gasteiger charge is 2.49. The molecule has 1 N–H and O–H groups in total. The van der Waals surface area contributed by atoms with Crippen LogP contribution in [-0.2, 0) is 4.43 Å². The van der Waals surface area contributed by atoms with Gasteiger partial charge in [-0.1, -0.05) is 99.3 Å². The van der Waals surface area contributed by atoms with Crippen LogP contribution in [-0.4, -0.2) is 20.0 Å². The Labute approximate surface area is 173 Å². The minimum Gasteiger partial charge on any atom is -0.396 e. The molecule has 0 bridgehead atoms. The maximum Gasteiger partial charge on any atom is 0.262 e. The van der Waals surface area contributed by atoms with E-state index in [2.05, 4.69) is 81.1 Å². The summed E-state index contributed by atoms with van der Waals surface area (Å²) in [5.41, 5.74) is 0. The number of aliphatic hydroxyl groups excluding tert-OH is 1. The fraction of sp³-hybridized carbons (Fsp3) is 0.250. The summed E-state index contributed by atoms with van der Waals surface area (Å²) < 4.78 is 6.69. The molecule has 3 aromatic rings. The summed E-state index contributed by atoms with van der Waals surface area (Å²) >= 11 is 1.51. The lowest BCUT2D eigenvalue weighted by molar-refractivity contribution is 0.241. The van der Waals surface area contributed by atoms with Gasteiger partial charge in [-0.3, -0.25) is 0 Å². The molecule has 0 aliphatic carbocycles. The van der Waals surface area contributed by atoms with Crippen molar-refractivity contribution in [2.45, 2.75) is 31.9 Å². The van der Waals surface area contributed by atoms with E-state index in [4.69, 9.17) is 4.43 Å². The first-order valence-electron chi connectivity index (χ1n) is 9.40. The van der Waals surface area contributed by atoms with Crippen molar-refractivity contribution in [2.75, 3.05) is 6.61 Å². The summed E-state index contributed by atoms with van der Waals surface area (Å²) in [5, 5.41) is 14.6. The fourth-order valence-electron chi connectivity index (χ4n) is 3.56. The topological polar surface area (TPSA) is 29.5 Å². The summed E-state index contributed by atoms with van der Waals surface area (Å²) in [6.45, 7) is 7.02. The van der Waals surface area contributed by atoms with E-state index in [1.54, 1.807) is 0 Å². The molecule has 0 aliphatic rings. The SMILES string of the molecule is CC(C)(C)[Si](OCC#CC(O)c1cccs1)(c1ccccc1)c1ccccc1. The number of thiophene rings is 1. The zero-order chi connectivity index (χ0) is 20.0. The average Bonchev–Trinajstić information content (AvgIpc) is 3.23. The summed E-state index contributed by atoms with van der Waals surface area (Å²) in [4.78, 5) is 0.859. The Morgan fingerprint density at radius 3 is 1.96 bits per heavy atom. The summed E-state index contributed by atoms with van der Waals surface area (Å²) in [7, 11) is -2.57. The zero-order valence-electron chi connectivity index (χ0n) is 16.6. The lowest BCUT2D eigenvalue weighted by Gasteiger charge is -2.42. The molecule has 0 fully saturated rings. The van der Waals surface area contributed by atoms with Crippen molar-refractivity contribution in [1.82, 2.24) is 0 Å². The van der Waals surface area contributed by atoms with E-state index in [0.29, 0.717) is 0 Å². The largest absolute Gasteiger partial charge is 0.396 e. The highest BCUT2D eigenvalue weighted by molar-refractivity contribution is 7.10. The molecule has 2 aromatic carbocycles. The third-order valence-electron chi connectivity index (χ3n) is 4.83. The summed E-state index contributed by atoms with van der Waals surface area (Å²) in [5.74, 6) is 5.98. The monoisotopic (exact) mass is 406 g/mol. The van der Waals surface area contributed by atoms with Crippen LogP contribution < -0.4 is 10.4 Å². The molecule has 1 heterocycles. The lowest BCUT2D eigenvalue weighted by Crippen LogP contribution is -2.66. The molecule has 0 amide bonds. The summed E-state index contributed by atoms with van der Waals surface area (Å²) in [6, 6.07) is 24.8. The van der Waals surface area contributed by atoms with Gasteiger partial charge >= 0.3 is 0 Å². The molecule has 1 atom stereocenters. The fourth-order valence-corrected chi connectivity index (χ4v) is 8.67. The lowest BCUT2D eigenvalue weighted by atomic mass is 10.2. The Hall–Kier alpha value is -2.16. The van der Waals surface area contributed by atoms with E-state index in [1.165, 1.54) is 21.7 Å². The number of rotatable bonds is 5. The average molecular weight is 407 g/mol. The van der Waals surface area contributed by atoms with Crippen LogP contribution in [0.2, 0.25) is 5.04 Å². The number of benzene rings is 2. The van der Waals surface area contributed by atoms with Crippen LogP contribution in [0.25, 0.3) is 0 Å². The third kappa shape index (κ3) is 4.29. The van der Waals surface area contributed by atoms with Gasteiger partial charge < -0.3 is 9.53 Å². The smallest absolute Gasteiger partial charge is 0.262 e. The van der Waals surface area contributed by atoms with Crippen LogP contribution in [0.4, 0.5) is 0 Å². The van der Waals surface area contributed by atoms with E-state index < -0.39 is 14.4 Å². The van der Waals surface area contributed by atoms with Crippen LogP contribution in [0.5, 0.6) is 0 Å². The van der Waals surface area contributed by atoms with Gasteiger partial charge in [0.2, 0.25) is 0 Å². The second-order valence-corrected chi connectivity index (χ2v) is 13.0. The van der Waals surface area contributed by atoms with Crippen LogP contribution >= 0.6 is 11.3 Å². The van der Waals surface area contributed by atoms with Crippen molar-refractivity contribution >= 4 is 30.0 Å². The predicted octanol–water partition coefficient (Wildman–Crippen LogP) is 4.36. The molecule has 1 aromatic heterocycles. The first-order chi connectivity index (χ1) is 13.4. The van der Waals surface area contributed by atoms with Crippen molar-refractivity contribution in [3.63, 3.8) is 0 Å². The Morgan fingerprint density at radius 2 is 1.50 bits per heavy atom. The highest BCUT2D eigenvalue weighted by atomic mass is 32.1. The quantitative estimate of drug-likeness (QED) is 0.504. The van der Waals surface area contributed by atoms with E-state index in [-0.39, 0.29) is 11.6 Å². The van der Waals surface area contributed by atoms with Gasteiger partial charge in [0.1, 0.15) is 6.10 Å². The third-order valence-corrected chi connectivity index (χ3v) is 10.7. The van der Waals surface area contributed by atoms with Gasteiger partial charge in [0.05, 0.1) is 6.61 Å². The van der Waals surface area contributed by atoms with Crippen molar-refractivity contribution in [3.05, 3.63) is 83.1 Å². The molecule has 28 heavy (non-hydrogen) atoms. The van der Waals surface area contributed by atoms with E-state index in [0.717, 1.165) is 4.88 Å². The van der Waals surface area contributed by atoms with E-state index in [9.17, 15) is 5.11 Å². The van der Waals surface area contributed by atoms with Gasteiger partial charge in [0, 0.05) is 4.88 Å². The van der Waals surface area contributed by atoms with Gasteiger partial charge in [-0.2, -0.15) is 0 Å². The first kappa shape index (κ1) is 20.6. The molecule has 0 saturated carbocycles. The standard InChI is InChI=1S/C24H26O2SSi/c1-24(2,3)28(20-12-6-4-7-13-20,21-14-8-5-9-15-21)26-18-10-16-22(25)23-17-11-19-27-23/h4-9,11-15,17,19,22,25H,18H2,1-3H3. The molecule has 1 unspecified atom stereocenters. The van der Waals surface area contributed by atoms with Crippen molar-refractivity contribution in [3.8, 4) is 11.8 Å². The maximum atomic E-state index is 10.2. The van der Waals surface area contributed by atoms with Gasteiger partial charge in [-0.15, -0.1) is 11.3 Å². The zero-order valence-corrected chi connectivity index (χ0v) is 18.4. The number of hydrogen-bond acceptors (Lipinski definition) is 3. The molecular weight excluding hydrogens is 380 g/mol. The second-order valence-electron chi connectivity index (χ2n) is 7.69. The molecule has 3 rings (SSSR count). The molecule has 144 valence electrons. The molecule has 4 heteroatoms. The van der Waals surface area contributed by atoms with Crippen LogP contribution in [0, 0.1) is 11.8 Å². The van der Waals surface area contributed by atoms with Gasteiger partial charge in [0.15, 0.2) is 0 Å². The minimum absolute atomic E-state index is 0.0796. The molecule has 0 aliphatic heterocycles. The molecule has 2 nitrogen and oxygen atoms in total. The van der Waals surface area contributed by atoms with Gasteiger partial charge in [-0.05, 0) is 26.9 Å². The number of hydrogen-bond donors (Lipinski definition) is 1. The van der Waals surface area contributed by atoms with Gasteiger partial charge in [-0.25, -0.2) is 0 Å². The molecule has 0 radical (unpaired) electrons. The van der Waals surface area contributed by atoms with Crippen molar-refractivity contribution < 1.29 is 9.53 Å². The maximum absolute atomic E-state index is 10.2. The second kappa shape index (κ2) is 8.89. The molecular formula is C24H26O2SSi. The van der Waals surface area contributed by atoms with E-state index in [1.807, 2.05) is 29.6 Å². The Kier molecular flexibility index (Phi) is 6.53. The van der Waals surface area contributed by atoms with Crippen LogP contribution in [0.1, 0.15) is 31.8 Å². The Bertz CT molecular complexity index is 880. The van der Waals surface area contributed by atoms with Crippen molar-refractivity contribution in [2.24, 2.45) is 0 Å². The first-order valence-corrected chi connectivity index (χ1v) is 12.2. The Morgan fingerprint density at radius 1 is 0.929 bits per heavy atom. The van der Waals surface area contributed by atoms with E-state index >= 15 is 0 Å². The van der Waals surface area contributed by atoms with Crippen molar-refractivity contribution in [1.29, 1.82) is 0 Å². The highest BCUT2D eigenvalue weighted by Crippen LogP contribution is 2.36. The normalized spacial score (nSPS) is 12.9. The molecule has 0 spiro atoms. The molecule has 0 saturated heterocycles.